The third kappa shape index (κ3) is 2.90. The lowest BCUT2D eigenvalue weighted by Crippen LogP contribution is -2.37. The van der Waals surface area contributed by atoms with Crippen LogP contribution in [0.4, 0.5) is 5.69 Å². The molecule has 1 aliphatic heterocycles. The van der Waals surface area contributed by atoms with Gasteiger partial charge in [-0.1, -0.05) is 23.7 Å². The maximum absolute atomic E-state index is 12.9. The lowest BCUT2D eigenvalue weighted by Gasteiger charge is -2.24. The van der Waals surface area contributed by atoms with Crippen LogP contribution in [0.15, 0.2) is 46.9 Å². The molecule has 4 aromatic rings. The summed E-state index contributed by atoms with van der Waals surface area (Å²) in [6, 6.07) is 13.8. The zero-order valence-electron chi connectivity index (χ0n) is 16.2. The van der Waals surface area contributed by atoms with Crippen LogP contribution in [-0.2, 0) is 0 Å². The van der Waals surface area contributed by atoms with E-state index in [1.165, 1.54) is 24.2 Å². The van der Waals surface area contributed by atoms with Crippen molar-refractivity contribution < 1.29 is 9.21 Å². The first-order valence-electron chi connectivity index (χ1n) is 9.94. The van der Waals surface area contributed by atoms with Gasteiger partial charge in [0.05, 0.1) is 5.69 Å². The molecule has 0 spiro atoms. The van der Waals surface area contributed by atoms with Gasteiger partial charge in [0.1, 0.15) is 21.2 Å². The van der Waals surface area contributed by atoms with Crippen molar-refractivity contribution in [2.24, 2.45) is 0 Å². The van der Waals surface area contributed by atoms with E-state index in [0.717, 1.165) is 38.5 Å². The molecule has 5 nitrogen and oxygen atoms in total. The van der Waals surface area contributed by atoms with E-state index >= 15 is 0 Å². The molecule has 0 bridgehead atoms. The van der Waals surface area contributed by atoms with E-state index in [0.29, 0.717) is 21.6 Å². The van der Waals surface area contributed by atoms with Gasteiger partial charge in [-0.3, -0.25) is 4.79 Å². The molecule has 1 saturated carbocycles. The number of anilines is 1. The number of carbonyl (C=O) groups excluding carboxylic acids is 1. The molecule has 1 aliphatic carbocycles. The molecule has 0 unspecified atom stereocenters. The van der Waals surface area contributed by atoms with Crippen LogP contribution in [0.3, 0.4) is 0 Å². The third-order valence-corrected chi connectivity index (χ3v) is 6.98. The normalized spacial score (nSPS) is 18.2. The zero-order valence-corrected chi connectivity index (χ0v) is 17.7. The first-order valence-corrected chi connectivity index (χ1v) is 11.1. The van der Waals surface area contributed by atoms with Crippen molar-refractivity contribution in [2.45, 2.75) is 31.8 Å². The van der Waals surface area contributed by atoms with Gasteiger partial charge in [0.2, 0.25) is 0 Å². The van der Waals surface area contributed by atoms with Gasteiger partial charge in [-0.2, -0.15) is 0 Å². The number of carbonyl (C=O) groups is 1. The maximum Gasteiger partial charge on any atom is 0.265 e. The largest absolute Gasteiger partial charge is 0.462 e. The zero-order chi connectivity index (χ0) is 20.4. The van der Waals surface area contributed by atoms with Crippen LogP contribution in [0.2, 0.25) is 5.02 Å². The van der Waals surface area contributed by atoms with E-state index in [1.54, 1.807) is 0 Å². The van der Waals surface area contributed by atoms with E-state index in [2.05, 4.69) is 16.7 Å². The van der Waals surface area contributed by atoms with Gasteiger partial charge in [-0.15, -0.1) is 11.3 Å². The summed E-state index contributed by atoms with van der Waals surface area (Å²) in [6.45, 7) is 1.89. The molecule has 1 aromatic carbocycles. The van der Waals surface area contributed by atoms with E-state index in [4.69, 9.17) is 21.0 Å². The number of amides is 1. The van der Waals surface area contributed by atoms with E-state index in [9.17, 15) is 4.79 Å². The summed E-state index contributed by atoms with van der Waals surface area (Å²) < 4.78 is 5.76. The second kappa shape index (κ2) is 6.59. The van der Waals surface area contributed by atoms with Crippen LogP contribution in [-0.4, -0.2) is 10.9 Å². The molecular weight excluding hydrogens is 418 g/mol. The van der Waals surface area contributed by atoms with Crippen LogP contribution < -0.4 is 10.6 Å². The van der Waals surface area contributed by atoms with Gasteiger partial charge in [0, 0.05) is 22.0 Å². The van der Waals surface area contributed by atoms with Gasteiger partial charge in [0.15, 0.2) is 6.17 Å². The standard InChI is InChI=1S/C23H18ClN3O2S/c1-11-2-9-17(29-11)21-26-19-18-15(12-5-7-14(24)8-6-12)10-16(13-3-4-13)25-23(18)30-20(19)22(28)27-21/h2,5-10,13,21,26H,3-4H2,1H3,(H,27,28)/t21-/m1/s1. The fourth-order valence-electron chi connectivity index (χ4n) is 3.99. The molecule has 150 valence electrons. The summed E-state index contributed by atoms with van der Waals surface area (Å²) in [5.74, 6) is 1.89. The second-order valence-electron chi connectivity index (χ2n) is 7.86. The summed E-state index contributed by atoms with van der Waals surface area (Å²) in [4.78, 5) is 19.4. The molecule has 1 fully saturated rings. The fraction of sp³-hybridized carbons (Fsp3) is 0.217. The number of benzene rings is 1. The van der Waals surface area contributed by atoms with Crippen LogP contribution in [0.1, 0.15) is 51.8 Å². The number of nitrogens with one attached hydrogen (secondary N) is 2. The van der Waals surface area contributed by atoms with Gasteiger partial charge >= 0.3 is 0 Å². The molecule has 1 atom stereocenters. The highest BCUT2D eigenvalue weighted by Gasteiger charge is 2.33. The molecule has 7 heteroatoms. The van der Waals surface area contributed by atoms with Crippen molar-refractivity contribution in [2.75, 3.05) is 5.32 Å². The minimum Gasteiger partial charge on any atom is -0.462 e. The van der Waals surface area contributed by atoms with Crippen LogP contribution in [0.5, 0.6) is 0 Å². The molecule has 2 aliphatic rings. The van der Waals surface area contributed by atoms with Crippen molar-refractivity contribution in [3.63, 3.8) is 0 Å². The number of thiophene rings is 1. The van der Waals surface area contributed by atoms with Crippen LogP contribution in [0, 0.1) is 6.92 Å². The monoisotopic (exact) mass is 435 g/mol. The Bertz CT molecular complexity index is 1300. The molecule has 0 saturated heterocycles. The Labute approximate surface area is 182 Å². The van der Waals surface area contributed by atoms with Crippen molar-refractivity contribution in [1.29, 1.82) is 0 Å². The Morgan fingerprint density at radius 2 is 1.93 bits per heavy atom. The summed E-state index contributed by atoms with van der Waals surface area (Å²) in [6.07, 6.45) is 1.92. The Balaban J connectivity index is 1.56. The highest BCUT2D eigenvalue weighted by atomic mass is 35.5. The minimum atomic E-state index is -0.419. The second-order valence-corrected chi connectivity index (χ2v) is 9.30. The average molecular weight is 436 g/mol. The number of halogens is 1. The topological polar surface area (TPSA) is 67.2 Å². The third-order valence-electron chi connectivity index (χ3n) is 5.65. The SMILES string of the molecule is Cc1ccc([C@H]2NC(=O)c3sc4nc(C5CC5)cc(-c5ccc(Cl)cc5)c4c3N2)o1. The van der Waals surface area contributed by atoms with Crippen molar-refractivity contribution in [3.8, 4) is 11.1 Å². The first-order chi connectivity index (χ1) is 14.6. The highest BCUT2D eigenvalue weighted by Crippen LogP contribution is 2.47. The van der Waals surface area contributed by atoms with Crippen LogP contribution >= 0.6 is 22.9 Å². The van der Waals surface area contributed by atoms with Crippen molar-refractivity contribution in [1.82, 2.24) is 10.3 Å². The molecule has 4 heterocycles. The van der Waals surface area contributed by atoms with Crippen LogP contribution in [0.25, 0.3) is 21.3 Å². The Kier molecular flexibility index (Phi) is 3.95. The highest BCUT2D eigenvalue weighted by molar-refractivity contribution is 7.21. The van der Waals surface area contributed by atoms with Gasteiger partial charge in [-0.25, -0.2) is 4.98 Å². The number of furan rings is 1. The number of pyridine rings is 1. The number of rotatable bonds is 3. The molecule has 0 radical (unpaired) electrons. The van der Waals surface area contributed by atoms with E-state index in [-0.39, 0.29) is 5.91 Å². The quantitative estimate of drug-likeness (QED) is 0.399. The lowest BCUT2D eigenvalue weighted by atomic mass is 9.99. The van der Waals surface area contributed by atoms with Gasteiger partial charge < -0.3 is 15.1 Å². The molecule has 2 N–H and O–H groups in total. The predicted molar refractivity (Wildman–Crippen MR) is 119 cm³/mol. The molecule has 1 amide bonds. The predicted octanol–water partition coefficient (Wildman–Crippen LogP) is 6.25. The average Bonchev–Trinajstić information content (AvgIpc) is 3.39. The smallest absolute Gasteiger partial charge is 0.265 e. The minimum absolute atomic E-state index is 0.110. The van der Waals surface area contributed by atoms with E-state index in [1.807, 2.05) is 43.3 Å². The maximum atomic E-state index is 12.9. The summed E-state index contributed by atoms with van der Waals surface area (Å²) in [5, 5.41) is 8.16. The molecule has 3 aromatic heterocycles. The summed E-state index contributed by atoms with van der Waals surface area (Å²) in [7, 11) is 0. The fourth-order valence-corrected chi connectivity index (χ4v) is 5.19. The van der Waals surface area contributed by atoms with Crippen molar-refractivity contribution in [3.05, 3.63) is 69.6 Å². The first kappa shape index (κ1) is 18.0. The Morgan fingerprint density at radius 1 is 1.13 bits per heavy atom. The number of nitrogens with zero attached hydrogens (tertiary/aromatic N) is 1. The number of aryl methyl sites for hydroxylation is 1. The van der Waals surface area contributed by atoms with E-state index < -0.39 is 6.17 Å². The summed E-state index contributed by atoms with van der Waals surface area (Å²) >= 11 is 7.56. The number of hydrogen-bond donors (Lipinski definition) is 2. The Hall–Kier alpha value is -2.83. The molecule has 6 rings (SSSR count). The lowest BCUT2D eigenvalue weighted by molar-refractivity contribution is 0.0935. The number of fused-ring (bicyclic) bond motifs is 3. The summed E-state index contributed by atoms with van der Waals surface area (Å²) in [5.41, 5.74) is 4.06. The number of aromatic nitrogens is 1. The van der Waals surface area contributed by atoms with Gasteiger partial charge in [-0.05, 0) is 61.2 Å². The number of hydrogen-bond acceptors (Lipinski definition) is 5. The molecular formula is C23H18ClN3O2S. The van der Waals surface area contributed by atoms with Gasteiger partial charge in [0.25, 0.3) is 5.91 Å². The van der Waals surface area contributed by atoms with Crippen molar-refractivity contribution >= 4 is 44.7 Å². The Morgan fingerprint density at radius 3 is 2.63 bits per heavy atom. The molecule has 30 heavy (non-hydrogen) atoms.